The van der Waals surface area contributed by atoms with Gasteiger partial charge in [0.15, 0.2) is 0 Å². The van der Waals surface area contributed by atoms with Crippen LogP contribution in [0, 0.1) is 16.7 Å². The summed E-state index contributed by atoms with van der Waals surface area (Å²) in [7, 11) is -6.12. The molecule has 2 bridgehead atoms. The summed E-state index contributed by atoms with van der Waals surface area (Å²) < 4.78 is 69.5. The van der Waals surface area contributed by atoms with Crippen LogP contribution in [0.3, 0.4) is 0 Å². The quantitative estimate of drug-likeness (QED) is 0.614. The molecular formula is C20H27F3O4S2. The highest BCUT2D eigenvalue weighted by Gasteiger charge is 2.65. The van der Waals surface area contributed by atoms with Crippen LogP contribution in [-0.4, -0.2) is 32.5 Å². The van der Waals surface area contributed by atoms with Crippen molar-refractivity contribution in [2.45, 2.75) is 45.0 Å². The molecule has 0 N–H and O–H groups in total. The van der Waals surface area contributed by atoms with Crippen LogP contribution in [0.4, 0.5) is 13.2 Å². The number of ketones is 1. The predicted molar refractivity (Wildman–Crippen MR) is 108 cm³/mol. The van der Waals surface area contributed by atoms with Gasteiger partial charge in [0, 0.05) is 12.2 Å². The zero-order valence-electron chi connectivity index (χ0n) is 17.0. The number of hydrogen-bond donors (Lipinski definition) is 0. The summed E-state index contributed by atoms with van der Waals surface area (Å²) in [5.41, 5.74) is -1.46. The molecule has 4 nitrogen and oxygen atoms in total. The molecule has 3 rings (SSSR count). The van der Waals surface area contributed by atoms with Gasteiger partial charge < -0.3 is 0 Å². The van der Waals surface area contributed by atoms with E-state index in [0.29, 0.717) is 18.4 Å². The van der Waals surface area contributed by atoms with E-state index in [1.807, 2.05) is 13.8 Å². The minimum atomic E-state index is -4.42. The third kappa shape index (κ3) is 4.23. The molecule has 0 aromatic heterocycles. The van der Waals surface area contributed by atoms with Crippen molar-refractivity contribution in [3.63, 3.8) is 0 Å². The Balaban J connectivity index is 1.73. The number of Topliss-reactive ketones (excluding diaryl/α,β-unsaturated/α-hetero) is 1. The van der Waals surface area contributed by atoms with Crippen molar-refractivity contribution in [1.82, 2.24) is 0 Å². The predicted octanol–water partition coefficient (Wildman–Crippen LogP) is 4.93. The first-order valence-corrected chi connectivity index (χ1v) is 13.5. The Morgan fingerprint density at radius 1 is 1.14 bits per heavy atom. The molecule has 2 aliphatic carbocycles. The molecule has 2 unspecified atom stereocenters. The average molecular weight is 453 g/mol. The van der Waals surface area contributed by atoms with Crippen molar-refractivity contribution in [2.24, 2.45) is 16.7 Å². The second-order valence-electron chi connectivity index (χ2n) is 9.21. The largest absolute Gasteiger partial charge is 0.416 e. The molecule has 9 heteroatoms. The van der Waals surface area contributed by atoms with E-state index in [4.69, 9.17) is 3.63 Å². The molecule has 2 aliphatic rings. The molecule has 0 radical (unpaired) electrons. The Kier molecular flexibility index (Phi) is 5.45. The summed E-state index contributed by atoms with van der Waals surface area (Å²) in [6, 6.07) is 4.65. The van der Waals surface area contributed by atoms with Crippen LogP contribution in [0.1, 0.15) is 44.2 Å². The highest BCUT2D eigenvalue weighted by Crippen LogP contribution is 2.64. The van der Waals surface area contributed by atoms with Crippen LogP contribution in [0.15, 0.2) is 24.3 Å². The summed E-state index contributed by atoms with van der Waals surface area (Å²) >= 11 is 0. The van der Waals surface area contributed by atoms with Gasteiger partial charge in [-0.3, -0.25) is 4.79 Å². The number of hydrogen-bond acceptors (Lipinski definition) is 4. The maximum absolute atomic E-state index is 12.9. The Morgan fingerprint density at radius 2 is 1.72 bits per heavy atom. The molecule has 1 aromatic rings. The summed E-state index contributed by atoms with van der Waals surface area (Å²) in [6.07, 6.45) is 0.735. The lowest BCUT2D eigenvalue weighted by Gasteiger charge is -2.37. The topological polar surface area (TPSA) is 60.4 Å². The average Bonchev–Trinajstić information content (AvgIpc) is 2.86. The summed E-state index contributed by atoms with van der Waals surface area (Å²) in [6.45, 7) is 3.93. The molecule has 2 atom stereocenters. The van der Waals surface area contributed by atoms with Crippen molar-refractivity contribution in [3.8, 4) is 0 Å². The lowest BCUT2D eigenvalue weighted by molar-refractivity contribution is -0.137. The molecule has 0 saturated heterocycles. The van der Waals surface area contributed by atoms with E-state index in [2.05, 4.69) is 0 Å². The number of rotatable bonds is 6. The van der Waals surface area contributed by atoms with Gasteiger partial charge in [-0.2, -0.15) is 21.6 Å². The van der Waals surface area contributed by atoms with Crippen molar-refractivity contribution in [2.75, 3.05) is 18.3 Å². The summed E-state index contributed by atoms with van der Waals surface area (Å²) in [5, 5.41) is 0. The highest BCUT2D eigenvalue weighted by atomic mass is 32.3. The molecule has 29 heavy (non-hydrogen) atoms. The lowest BCUT2D eigenvalue weighted by atomic mass is 9.70. The van der Waals surface area contributed by atoms with Crippen molar-refractivity contribution in [1.29, 1.82) is 0 Å². The van der Waals surface area contributed by atoms with Gasteiger partial charge in [-0.1, -0.05) is 26.0 Å². The van der Waals surface area contributed by atoms with Gasteiger partial charge in [-0.15, -0.1) is 10.3 Å². The highest BCUT2D eigenvalue weighted by molar-refractivity contribution is 8.31. The van der Waals surface area contributed by atoms with Crippen LogP contribution in [-0.2, 0) is 30.5 Å². The zero-order chi connectivity index (χ0) is 21.9. The number of carbonyl (C=O) groups is 1. The fraction of sp³-hybridized carbons (Fsp3) is 0.650. The van der Waals surface area contributed by atoms with E-state index in [1.165, 1.54) is 12.1 Å². The van der Waals surface area contributed by atoms with Crippen LogP contribution < -0.4 is 0 Å². The minimum absolute atomic E-state index is 0.00136. The van der Waals surface area contributed by atoms with Crippen LogP contribution >= 0.6 is 10.3 Å². The van der Waals surface area contributed by atoms with Gasteiger partial charge in [0.05, 0.1) is 16.7 Å². The zero-order valence-corrected chi connectivity index (χ0v) is 18.6. The van der Waals surface area contributed by atoms with Crippen molar-refractivity contribution in [3.05, 3.63) is 35.4 Å². The molecule has 0 aliphatic heterocycles. The van der Waals surface area contributed by atoms with Crippen molar-refractivity contribution < 1.29 is 30.0 Å². The second kappa shape index (κ2) is 6.99. The second-order valence-corrected chi connectivity index (χ2v) is 14.3. The van der Waals surface area contributed by atoms with E-state index in [1.54, 1.807) is 12.5 Å². The Bertz CT molecular complexity index is 905. The van der Waals surface area contributed by atoms with Gasteiger partial charge in [0.25, 0.3) is 10.1 Å². The van der Waals surface area contributed by atoms with Gasteiger partial charge in [-0.25, -0.2) is 3.63 Å². The molecule has 164 valence electrons. The number of benzene rings is 1. The summed E-state index contributed by atoms with van der Waals surface area (Å²) in [4.78, 5) is 12.6. The molecular weight excluding hydrogens is 425 g/mol. The molecule has 1 aromatic carbocycles. The first-order chi connectivity index (χ1) is 13.1. The van der Waals surface area contributed by atoms with E-state index < -0.39 is 37.6 Å². The lowest BCUT2D eigenvalue weighted by Crippen LogP contribution is -2.42. The van der Waals surface area contributed by atoms with Crippen LogP contribution in [0.25, 0.3) is 0 Å². The fourth-order valence-corrected chi connectivity index (χ4v) is 9.84. The van der Waals surface area contributed by atoms with E-state index in [-0.39, 0.29) is 28.6 Å². The normalized spacial score (nSPS) is 27.4. The summed E-state index contributed by atoms with van der Waals surface area (Å²) in [5.74, 6) is 0.0857. The number of fused-ring (bicyclic) bond motifs is 2. The van der Waals surface area contributed by atoms with Gasteiger partial charge in [0.1, 0.15) is 5.78 Å². The molecule has 0 spiro atoms. The Hall–Kier alpha value is -1.06. The monoisotopic (exact) mass is 452 g/mol. The Labute approximate surface area is 171 Å². The third-order valence-corrected chi connectivity index (χ3v) is 10.8. The standard InChI is InChI=1S/C20H27F3O4S2/c1-18(2)16-9-10-19(18,17(24)11-16)13-29(25,26)27-28(3,4)12-14-5-7-15(8-6-14)20(21,22)23/h5-8,16H,9-13H2,1-4H3. The molecule has 0 amide bonds. The number of carbonyl (C=O) groups excluding carboxylic acids is 1. The van der Waals surface area contributed by atoms with Crippen LogP contribution in [0.2, 0.25) is 0 Å². The van der Waals surface area contributed by atoms with E-state index in [0.717, 1.165) is 18.6 Å². The molecule has 2 fully saturated rings. The number of halogens is 3. The fourth-order valence-electron chi connectivity index (χ4n) is 4.93. The third-order valence-electron chi connectivity index (χ3n) is 6.65. The van der Waals surface area contributed by atoms with Gasteiger partial charge >= 0.3 is 6.18 Å². The maximum Gasteiger partial charge on any atom is 0.416 e. The van der Waals surface area contributed by atoms with E-state index in [9.17, 15) is 26.4 Å². The first-order valence-electron chi connectivity index (χ1n) is 9.42. The minimum Gasteiger partial charge on any atom is -0.299 e. The Morgan fingerprint density at radius 3 is 2.17 bits per heavy atom. The molecule has 2 saturated carbocycles. The van der Waals surface area contributed by atoms with Gasteiger partial charge in [-0.05, 0) is 54.4 Å². The van der Waals surface area contributed by atoms with E-state index >= 15 is 0 Å². The van der Waals surface area contributed by atoms with Crippen molar-refractivity contribution >= 4 is 26.2 Å². The SMILES string of the molecule is CC1(C)C2CCC1(CS(=O)(=O)OS(C)(C)Cc1ccc(C(F)(F)F)cc1)C(=O)C2. The first kappa shape index (κ1) is 22.6. The molecule has 0 heterocycles. The van der Waals surface area contributed by atoms with Gasteiger partial charge in [0.2, 0.25) is 0 Å². The van der Waals surface area contributed by atoms with Crippen LogP contribution in [0.5, 0.6) is 0 Å². The smallest absolute Gasteiger partial charge is 0.299 e. The number of alkyl halides is 3. The maximum atomic E-state index is 12.9.